The minimum atomic E-state index is -0.878. The molecule has 3 rings (SSSR count). The molecule has 0 radical (unpaired) electrons. The monoisotopic (exact) mass is 426 g/mol. The average Bonchev–Trinajstić information content (AvgIpc) is 3.14. The normalized spacial score (nSPS) is 10.3. The fourth-order valence-electron chi connectivity index (χ4n) is 2.53. The van der Waals surface area contributed by atoms with Crippen molar-refractivity contribution in [3.05, 3.63) is 76.0 Å². The van der Waals surface area contributed by atoms with E-state index in [2.05, 4.69) is 10.6 Å². The maximum absolute atomic E-state index is 12.6. The van der Waals surface area contributed by atoms with Gasteiger partial charge >= 0.3 is 12.1 Å². The van der Waals surface area contributed by atoms with Crippen LogP contribution in [0.15, 0.2) is 64.9 Å². The molecule has 0 fully saturated rings. The van der Waals surface area contributed by atoms with E-state index in [0.717, 1.165) is 5.56 Å². The zero-order valence-corrected chi connectivity index (χ0v) is 17.4. The molecule has 0 atom stereocenters. The Morgan fingerprint density at radius 3 is 2.38 bits per heavy atom. The number of aryl methyl sites for hydroxylation is 1. The van der Waals surface area contributed by atoms with Gasteiger partial charge in [-0.3, -0.25) is 10.1 Å². The lowest BCUT2D eigenvalue weighted by atomic mass is 10.2. The molecule has 1 heterocycles. The van der Waals surface area contributed by atoms with E-state index in [9.17, 15) is 14.4 Å². The Hall–Kier alpha value is -3.10. The second kappa shape index (κ2) is 9.40. The number of para-hydroxylation sites is 1. The van der Waals surface area contributed by atoms with E-state index in [4.69, 9.17) is 4.74 Å². The lowest BCUT2D eigenvalue weighted by molar-refractivity contribution is 0.0649. The van der Waals surface area contributed by atoms with Crippen LogP contribution in [-0.2, 0) is 4.74 Å². The standard InChI is InChI=1S/C21H18N2O4S2/c1-13-10-11-29-18(13)20(25)27-21(26)23-15-8-9-16(17(12-15)28-2)19(24)22-14-6-4-3-5-7-14/h3-12H,1-2H3,(H,22,24)(H,23,26). The molecule has 2 amide bonds. The second-order valence-electron chi connectivity index (χ2n) is 5.97. The number of nitrogens with one attached hydrogen (secondary N) is 2. The van der Waals surface area contributed by atoms with Crippen LogP contribution in [-0.4, -0.2) is 24.2 Å². The largest absolute Gasteiger partial charge is 0.419 e. The molecule has 0 aliphatic heterocycles. The summed E-state index contributed by atoms with van der Waals surface area (Å²) in [5, 5.41) is 7.11. The van der Waals surface area contributed by atoms with Gasteiger partial charge in [-0.25, -0.2) is 9.59 Å². The van der Waals surface area contributed by atoms with Gasteiger partial charge in [-0.15, -0.1) is 23.1 Å². The van der Waals surface area contributed by atoms with Gasteiger partial charge < -0.3 is 10.1 Å². The maximum atomic E-state index is 12.6. The highest BCUT2D eigenvalue weighted by molar-refractivity contribution is 7.98. The van der Waals surface area contributed by atoms with Crippen molar-refractivity contribution in [1.29, 1.82) is 0 Å². The van der Waals surface area contributed by atoms with Gasteiger partial charge in [0.1, 0.15) is 4.88 Å². The highest BCUT2D eigenvalue weighted by Gasteiger charge is 2.18. The summed E-state index contributed by atoms with van der Waals surface area (Å²) in [5.74, 6) is -0.947. The van der Waals surface area contributed by atoms with E-state index in [1.54, 1.807) is 48.7 Å². The number of thioether (sulfide) groups is 1. The van der Waals surface area contributed by atoms with E-state index in [1.807, 2.05) is 24.5 Å². The molecule has 29 heavy (non-hydrogen) atoms. The van der Waals surface area contributed by atoms with Crippen molar-refractivity contribution < 1.29 is 19.1 Å². The Kier molecular flexibility index (Phi) is 6.69. The van der Waals surface area contributed by atoms with Gasteiger partial charge in [-0.05, 0) is 60.5 Å². The molecule has 3 aromatic rings. The molecular formula is C21H18N2O4S2. The van der Waals surface area contributed by atoms with Gasteiger partial charge in [0.05, 0.1) is 5.56 Å². The number of benzene rings is 2. The van der Waals surface area contributed by atoms with Crippen LogP contribution in [0.25, 0.3) is 0 Å². The number of hydrogen-bond donors (Lipinski definition) is 2. The fourth-order valence-corrected chi connectivity index (χ4v) is 3.96. The first-order valence-corrected chi connectivity index (χ1v) is 10.7. The Morgan fingerprint density at radius 2 is 1.72 bits per heavy atom. The minimum absolute atomic E-state index is 0.252. The number of hydrogen-bond acceptors (Lipinski definition) is 6. The van der Waals surface area contributed by atoms with Crippen LogP contribution in [0.3, 0.4) is 0 Å². The second-order valence-corrected chi connectivity index (χ2v) is 7.73. The van der Waals surface area contributed by atoms with E-state index < -0.39 is 12.1 Å². The predicted octanol–water partition coefficient (Wildman–Crippen LogP) is 5.42. The van der Waals surface area contributed by atoms with Crippen molar-refractivity contribution >= 4 is 52.4 Å². The number of ether oxygens (including phenoxy) is 1. The van der Waals surface area contributed by atoms with Crippen molar-refractivity contribution in [3.8, 4) is 0 Å². The Labute approximate surface area is 176 Å². The van der Waals surface area contributed by atoms with Crippen LogP contribution in [0.1, 0.15) is 25.6 Å². The molecule has 0 saturated heterocycles. The van der Waals surface area contributed by atoms with Gasteiger partial charge in [0, 0.05) is 16.3 Å². The molecule has 0 aliphatic carbocycles. The first kappa shape index (κ1) is 20.6. The summed E-state index contributed by atoms with van der Waals surface area (Å²) in [6, 6.07) is 15.8. The Bertz CT molecular complexity index is 1050. The van der Waals surface area contributed by atoms with E-state index in [1.165, 1.54) is 23.1 Å². The minimum Gasteiger partial charge on any atom is -0.372 e. The van der Waals surface area contributed by atoms with Crippen LogP contribution in [0.4, 0.5) is 16.2 Å². The predicted molar refractivity (Wildman–Crippen MR) is 116 cm³/mol. The van der Waals surface area contributed by atoms with Crippen molar-refractivity contribution in [1.82, 2.24) is 0 Å². The maximum Gasteiger partial charge on any atom is 0.419 e. The topological polar surface area (TPSA) is 84.5 Å². The molecule has 6 nitrogen and oxygen atoms in total. The highest BCUT2D eigenvalue weighted by Crippen LogP contribution is 2.26. The lowest BCUT2D eigenvalue weighted by Gasteiger charge is -2.11. The van der Waals surface area contributed by atoms with E-state index in [0.29, 0.717) is 26.7 Å². The summed E-state index contributed by atoms with van der Waals surface area (Å²) in [6.07, 6.45) is 0.955. The Balaban J connectivity index is 1.68. The summed E-state index contributed by atoms with van der Waals surface area (Å²) < 4.78 is 4.85. The summed E-state index contributed by atoms with van der Waals surface area (Å²) in [7, 11) is 0. The fraction of sp³-hybridized carbons (Fsp3) is 0.0952. The third-order valence-corrected chi connectivity index (χ3v) is 5.73. The van der Waals surface area contributed by atoms with Crippen LogP contribution >= 0.6 is 23.1 Å². The van der Waals surface area contributed by atoms with Gasteiger partial charge in [0.25, 0.3) is 5.91 Å². The molecule has 0 bridgehead atoms. The zero-order valence-electron chi connectivity index (χ0n) is 15.7. The number of carbonyl (C=O) groups is 3. The molecule has 1 aromatic heterocycles. The van der Waals surface area contributed by atoms with Gasteiger partial charge in [0.2, 0.25) is 0 Å². The third kappa shape index (κ3) is 5.24. The van der Waals surface area contributed by atoms with Crippen LogP contribution < -0.4 is 10.6 Å². The first-order chi connectivity index (χ1) is 14.0. The Morgan fingerprint density at radius 1 is 0.966 bits per heavy atom. The molecule has 2 aromatic carbocycles. The molecule has 0 unspecified atom stereocenters. The van der Waals surface area contributed by atoms with Crippen molar-refractivity contribution in [2.24, 2.45) is 0 Å². The third-order valence-electron chi connectivity index (χ3n) is 3.96. The number of rotatable bonds is 5. The van der Waals surface area contributed by atoms with Gasteiger partial charge in [-0.1, -0.05) is 18.2 Å². The van der Waals surface area contributed by atoms with E-state index >= 15 is 0 Å². The molecule has 2 N–H and O–H groups in total. The molecular weight excluding hydrogens is 408 g/mol. The highest BCUT2D eigenvalue weighted by atomic mass is 32.2. The van der Waals surface area contributed by atoms with Crippen LogP contribution in [0, 0.1) is 6.92 Å². The van der Waals surface area contributed by atoms with Crippen LogP contribution in [0.2, 0.25) is 0 Å². The number of carbonyl (C=O) groups excluding carboxylic acids is 3. The van der Waals surface area contributed by atoms with Crippen molar-refractivity contribution in [2.45, 2.75) is 11.8 Å². The smallest absolute Gasteiger partial charge is 0.372 e. The summed E-state index contributed by atoms with van der Waals surface area (Å²) in [5.41, 5.74) is 2.35. The lowest BCUT2D eigenvalue weighted by Crippen LogP contribution is -2.19. The first-order valence-electron chi connectivity index (χ1n) is 8.59. The zero-order chi connectivity index (χ0) is 20.8. The number of esters is 1. The summed E-state index contributed by atoms with van der Waals surface area (Å²) >= 11 is 2.59. The molecule has 0 saturated carbocycles. The molecule has 148 valence electrons. The van der Waals surface area contributed by atoms with Gasteiger partial charge in [-0.2, -0.15) is 0 Å². The number of thiophene rings is 1. The van der Waals surface area contributed by atoms with Crippen molar-refractivity contribution in [3.63, 3.8) is 0 Å². The van der Waals surface area contributed by atoms with Crippen molar-refractivity contribution in [2.75, 3.05) is 16.9 Å². The summed E-state index contributed by atoms with van der Waals surface area (Å²) in [6.45, 7) is 1.77. The van der Waals surface area contributed by atoms with E-state index in [-0.39, 0.29) is 5.91 Å². The SMILES string of the molecule is CSc1cc(NC(=O)OC(=O)c2sccc2C)ccc1C(=O)Nc1ccccc1. The molecule has 8 heteroatoms. The number of anilines is 2. The molecule has 0 aliphatic rings. The number of amides is 2. The summed E-state index contributed by atoms with van der Waals surface area (Å²) in [4.78, 5) is 37.7. The van der Waals surface area contributed by atoms with Crippen LogP contribution in [0.5, 0.6) is 0 Å². The quantitative estimate of drug-likeness (QED) is 0.323. The average molecular weight is 427 g/mol. The van der Waals surface area contributed by atoms with Gasteiger partial charge in [0.15, 0.2) is 0 Å². The molecule has 0 spiro atoms.